The molecule has 7 heteroatoms. The van der Waals surface area contributed by atoms with Crippen molar-refractivity contribution in [3.8, 4) is 0 Å². The average Bonchev–Trinajstić information content (AvgIpc) is 2.70. The molecule has 1 heterocycles. The fourth-order valence-electron chi connectivity index (χ4n) is 1.91. The number of aliphatic hydroxyl groups excluding tert-OH is 2. The number of imidazole rings is 1. The van der Waals surface area contributed by atoms with Gasteiger partial charge in [-0.05, 0) is 12.1 Å². The van der Waals surface area contributed by atoms with Gasteiger partial charge in [0.1, 0.15) is 6.61 Å². The predicted molar refractivity (Wildman–Crippen MR) is 66.2 cm³/mol. The molecule has 0 radical (unpaired) electrons. The van der Waals surface area contributed by atoms with Crippen LogP contribution in [0.4, 0.5) is 0 Å². The van der Waals surface area contributed by atoms with E-state index >= 15 is 0 Å². The van der Waals surface area contributed by atoms with Crippen molar-refractivity contribution >= 4 is 22.8 Å². The molecule has 0 atom stereocenters. The van der Waals surface area contributed by atoms with E-state index in [4.69, 9.17) is 10.2 Å². The molecule has 100 valence electrons. The Labute approximate surface area is 107 Å². The number of fused-ring (bicyclic) bond motifs is 1. The third-order valence-electron chi connectivity index (χ3n) is 2.71. The zero-order chi connectivity index (χ0) is 14.0. The zero-order valence-electron chi connectivity index (χ0n) is 9.94. The molecule has 2 rings (SSSR count). The number of benzene rings is 1. The monoisotopic (exact) mass is 264 g/mol. The molecule has 0 aliphatic carbocycles. The lowest BCUT2D eigenvalue weighted by Crippen LogP contribution is -2.33. The minimum absolute atomic E-state index is 0.221. The minimum Gasteiger partial charge on any atom is -0.396 e. The number of para-hydroxylation sites is 2. The first kappa shape index (κ1) is 13.2. The molecule has 0 saturated carbocycles. The van der Waals surface area contributed by atoms with Crippen molar-refractivity contribution in [3.63, 3.8) is 0 Å². The van der Waals surface area contributed by atoms with E-state index < -0.39 is 30.7 Å². The van der Waals surface area contributed by atoms with Crippen molar-refractivity contribution in [1.82, 2.24) is 9.13 Å². The van der Waals surface area contributed by atoms with Crippen LogP contribution in [0.3, 0.4) is 0 Å². The van der Waals surface area contributed by atoms with E-state index in [1.54, 1.807) is 12.1 Å². The van der Waals surface area contributed by atoms with Crippen LogP contribution < -0.4 is 5.69 Å². The predicted octanol–water partition coefficient (Wildman–Crippen LogP) is -0.542. The van der Waals surface area contributed by atoms with Gasteiger partial charge < -0.3 is 10.2 Å². The number of aliphatic hydroxyl groups is 2. The molecule has 1 aromatic heterocycles. The lowest BCUT2D eigenvalue weighted by Gasteiger charge is -1.98. The molecule has 0 amide bonds. The van der Waals surface area contributed by atoms with Gasteiger partial charge in [0, 0.05) is 0 Å². The van der Waals surface area contributed by atoms with Crippen molar-refractivity contribution in [1.29, 1.82) is 0 Å². The van der Waals surface area contributed by atoms with Gasteiger partial charge in [-0.25, -0.2) is 13.9 Å². The van der Waals surface area contributed by atoms with Crippen LogP contribution >= 0.6 is 0 Å². The number of rotatable bonds is 3. The summed E-state index contributed by atoms with van der Waals surface area (Å²) in [6.07, 6.45) is -0.221. The third kappa shape index (κ3) is 2.09. The quantitative estimate of drug-likeness (QED) is 0.775. The summed E-state index contributed by atoms with van der Waals surface area (Å²) >= 11 is 0. The van der Waals surface area contributed by atoms with Crippen LogP contribution in [-0.2, 0) is 0 Å². The molecular weight excluding hydrogens is 252 g/mol. The second kappa shape index (κ2) is 5.17. The Bertz CT molecular complexity index is 698. The largest absolute Gasteiger partial charge is 0.396 e. The van der Waals surface area contributed by atoms with Crippen LogP contribution in [0.5, 0.6) is 0 Å². The smallest absolute Gasteiger partial charge is 0.342 e. The van der Waals surface area contributed by atoms with Crippen LogP contribution in [0.15, 0.2) is 29.1 Å². The molecule has 19 heavy (non-hydrogen) atoms. The van der Waals surface area contributed by atoms with Crippen molar-refractivity contribution in [3.05, 3.63) is 34.7 Å². The molecule has 7 nitrogen and oxygen atoms in total. The SMILES string of the molecule is O=C(CO)n1c(=O)n(C(=O)CCO)c2ccccc21. The average molecular weight is 264 g/mol. The maximum Gasteiger partial charge on any atom is 0.342 e. The molecule has 0 spiro atoms. The summed E-state index contributed by atoms with van der Waals surface area (Å²) in [5.41, 5.74) is -0.315. The van der Waals surface area contributed by atoms with Gasteiger partial charge in [0.2, 0.25) is 5.91 Å². The van der Waals surface area contributed by atoms with Gasteiger partial charge in [-0.3, -0.25) is 9.59 Å². The topological polar surface area (TPSA) is 102 Å². The molecule has 0 fully saturated rings. The highest BCUT2D eigenvalue weighted by Crippen LogP contribution is 2.13. The number of hydrogen-bond acceptors (Lipinski definition) is 5. The lowest BCUT2D eigenvalue weighted by atomic mass is 10.3. The second-order valence-corrected chi connectivity index (χ2v) is 3.86. The van der Waals surface area contributed by atoms with Crippen LogP contribution in [0.1, 0.15) is 16.0 Å². The van der Waals surface area contributed by atoms with E-state index in [0.29, 0.717) is 0 Å². The van der Waals surface area contributed by atoms with E-state index in [2.05, 4.69) is 0 Å². The van der Waals surface area contributed by atoms with Crippen molar-refractivity contribution < 1.29 is 19.8 Å². The first-order valence-electron chi connectivity index (χ1n) is 5.62. The maximum atomic E-state index is 12.1. The molecule has 2 aromatic rings. The van der Waals surface area contributed by atoms with Gasteiger partial charge in [0.15, 0.2) is 0 Å². The number of aromatic nitrogens is 2. The highest BCUT2D eigenvalue weighted by molar-refractivity contribution is 5.96. The molecule has 0 saturated heterocycles. The highest BCUT2D eigenvalue weighted by atomic mass is 16.3. The molecule has 1 aromatic carbocycles. The van der Waals surface area contributed by atoms with E-state index in [9.17, 15) is 14.4 Å². The summed E-state index contributed by atoms with van der Waals surface area (Å²) in [6.45, 7) is -1.22. The first-order valence-corrected chi connectivity index (χ1v) is 5.62. The number of nitrogens with zero attached hydrogens (tertiary/aromatic N) is 2. The molecule has 2 N–H and O–H groups in total. The summed E-state index contributed by atoms with van der Waals surface area (Å²) in [6, 6.07) is 6.27. The van der Waals surface area contributed by atoms with Crippen LogP contribution in [-0.4, -0.2) is 44.4 Å². The Kier molecular flexibility index (Phi) is 3.59. The maximum absolute atomic E-state index is 12.1. The Balaban J connectivity index is 2.78. The Morgan fingerprint density at radius 3 is 2.00 bits per heavy atom. The molecule has 0 unspecified atom stereocenters. The summed E-state index contributed by atoms with van der Waals surface area (Å²) < 4.78 is 1.59. The van der Waals surface area contributed by atoms with Crippen LogP contribution in [0, 0.1) is 0 Å². The van der Waals surface area contributed by atoms with Crippen LogP contribution in [0.2, 0.25) is 0 Å². The molecular formula is C12H12N2O5. The summed E-state index contributed by atoms with van der Waals surface area (Å²) in [5.74, 6) is -1.41. The fourth-order valence-corrected chi connectivity index (χ4v) is 1.91. The van der Waals surface area contributed by atoms with Gasteiger partial charge in [0.25, 0.3) is 5.91 Å². The summed E-state index contributed by atoms with van der Waals surface area (Å²) in [5, 5.41) is 17.7. The van der Waals surface area contributed by atoms with Gasteiger partial charge in [-0.15, -0.1) is 0 Å². The van der Waals surface area contributed by atoms with E-state index in [0.717, 1.165) is 9.13 Å². The van der Waals surface area contributed by atoms with Crippen LogP contribution in [0.25, 0.3) is 11.0 Å². The van der Waals surface area contributed by atoms with Gasteiger partial charge in [-0.2, -0.15) is 0 Å². The molecule has 0 bridgehead atoms. The number of hydrogen-bond donors (Lipinski definition) is 2. The van der Waals surface area contributed by atoms with Gasteiger partial charge >= 0.3 is 5.69 Å². The Morgan fingerprint density at radius 2 is 1.53 bits per heavy atom. The van der Waals surface area contributed by atoms with E-state index in [-0.39, 0.29) is 17.5 Å². The standard InChI is InChI=1S/C12H12N2O5/c15-6-5-10(17)13-8-3-1-2-4-9(8)14(12(13)19)11(18)7-16/h1-4,15-16H,5-7H2. The Hall–Kier alpha value is -2.25. The van der Waals surface area contributed by atoms with Crippen molar-refractivity contribution in [2.45, 2.75) is 6.42 Å². The van der Waals surface area contributed by atoms with Crippen molar-refractivity contribution in [2.24, 2.45) is 0 Å². The number of carbonyl (C=O) groups is 2. The normalized spacial score (nSPS) is 10.8. The minimum atomic E-state index is -0.835. The fraction of sp³-hybridized carbons (Fsp3) is 0.250. The lowest BCUT2D eigenvalue weighted by molar-refractivity contribution is 0.0816. The molecule has 0 aliphatic rings. The van der Waals surface area contributed by atoms with E-state index in [1.807, 2.05) is 0 Å². The summed E-state index contributed by atoms with van der Waals surface area (Å²) in [4.78, 5) is 35.5. The number of carbonyl (C=O) groups excluding carboxylic acids is 2. The highest BCUT2D eigenvalue weighted by Gasteiger charge is 2.20. The second-order valence-electron chi connectivity index (χ2n) is 3.86. The van der Waals surface area contributed by atoms with Gasteiger partial charge in [0.05, 0.1) is 24.1 Å². The van der Waals surface area contributed by atoms with E-state index in [1.165, 1.54) is 12.1 Å². The molecule has 0 aliphatic heterocycles. The zero-order valence-corrected chi connectivity index (χ0v) is 9.94. The summed E-state index contributed by atoms with van der Waals surface area (Å²) in [7, 11) is 0. The third-order valence-corrected chi connectivity index (χ3v) is 2.71. The van der Waals surface area contributed by atoms with Gasteiger partial charge in [-0.1, -0.05) is 12.1 Å². The first-order chi connectivity index (χ1) is 9.11. The van der Waals surface area contributed by atoms with Crippen molar-refractivity contribution in [2.75, 3.05) is 13.2 Å². The Morgan fingerprint density at radius 1 is 1.00 bits per heavy atom.